The molecule has 1 saturated heterocycles. The number of hydrogen-bond donors (Lipinski definition) is 0. The summed E-state index contributed by atoms with van der Waals surface area (Å²) in [7, 11) is 1.72. The lowest BCUT2D eigenvalue weighted by Gasteiger charge is -2.37. The minimum Gasteiger partial charge on any atom is -0.382 e. The standard InChI is InChI=1S/C10H20O3/c1-9(2)13-10(8-11-3)4-6-12-7-5-10/h9H,4-8H2,1-3H3. The van der Waals surface area contributed by atoms with Crippen LogP contribution in [0.15, 0.2) is 0 Å². The van der Waals surface area contributed by atoms with Gasteiger partial charge in [-0.15, -0.1) is 0 Å². The van der Waals surface area contributed by atoms with Gasteiger partial charge < -0.3 is 14.2 Å². The second kappa shape index (κ2) is 4.94. The zero-order valence-electron chi connectivity index (χ0n) is 8.84. The molecule has 78 valence electrons. The van der Waals surface area contributed by atoms with Crippen LogP contribution in [0.2, 0.25) is 0 Å². The molecule has 1 heterocycles. The number of rotatable bonds is 4. The summed E-state index contributed by atoms with van der Waals surface area (Å²) in [4.78, 5) is 0. The van der Waals surface area contributed by atoms with E-state index in [0.29, 0.717) is 6.61 Å². The second-order valence-corrected chi connectivity index (χ2v) is 3.90. The molecule has 1 aliphatic heterocycles. The van der Waals surface area contributed by atoms with E-state index in [1.54, 1.807) is 7.11 Å². The predicted molar refractivity (Wildman–Crippen MR) is 50.9 cm³/mol. The molecule has 0 atom stereocenters. The molecule has 0 aromatic heterocycles. The van der Waals surface area contributed by atoms with E-state index >= 15 is 0 Å². The van der Waals surface area contributed by atoms with Crippen LogP contribution < -0.4 is 0 Å². The monoisotopic (exact) mass is 188 g/mol. The molecule has 0 bridgehead atoms. The van der Waals surface area contributed by atoms with Crippen LogP contribution in [-0.4, -0.2) is 38.6 Å². The van der Waals surface area contributed by atoms with E-state index < -0.39 is 0 Å². The van der Waals surface area contributed by atoms with Crippen LogP contribution in [0.4, 0.5) is 0 Å². The van der Waals surface area contributed by atoms with Gasteiger partial charge in [0.05, 0.1) is 18.3 Å². The number of ether oxygens (including phenoxy) is 3. The first-order valence-corrected chi connectivity index (χ1v) is 4.93. The van der Waals surface area contributed by atoms with Gasteiger partial charge in [0.1, 0.15) is 0 Å². The van der Waals surface area contributed by atoms with Gasteiger partial charge in [-0.05, 0) is 13.8 Å². The molecule has 13 heavy (non-hydrogen) atoms. The summed E-state index contributed by atoms with van der Waals surface area (Å²) in [6, 6.07) is 0. The molecule has 0 aliphatic carbocycles. The fraction of sp³-hybridized carbons (Fsp3) is 1.00. The van der Waals surface area contributed by atoms with Gasteiger partial charge in [-0.2, -0.15) is 0 Å². The molecule has 0 aromatic carbocycles. The molecule has 0 saturated carbocycles. The van der Waals surface area contributed by atoms with Crippen LogP contribution in [0.25, 0.3) is 0 Å². The third-order valence-corrected chi connectivity index (χ3v) is 2.30. The van der Waals surface area contributed by atoms with Crippen molar-refractivity contribution in [2.75, 3.05) is 26.9 Å². The quantitative estimate of drug-likeness (QED) is 0.670. The van der Waals surface area contributed by atoms with Crippen molar-refractivity contribution >= 4 is 0 Å². The summed E-state index contributed by atoms with van der Waals surface area (Å²) in [6.45, 7) is 6.38. The Balaban J connectivity index is 2.50. The lowest BCUT2D eigenvalue weighted by molar-refractivity contribution is -0.159. The molecule has 3 nitrogen and oxygen atoms in total. The van der Waals surface area contributed by atoms with Gasteiger partial charge in [-0.1, -0.05) is 0 Å². The average Bonchev–Trinajstić information content (AvgIpc) is 2.04. The fourth-order valence-electron chi connectivity index (χ4n) is 1.80. The molecule has 0 spiro atoms. The van der Waals surface area contributed by atoms with Gasteiger partial charge in [0.2, 0.25) is 0 Å². The van der Waals surface area contributed by atoms with E-state index in [1.807, 2.05) is 0 Å². The predicted octanol–water partition coefficient (Wildman–Crippen LogP) is 1.61. The molecular formula is C10H20O3. The molecule has 1 rings (SSSR count). The third kappa shape index (κ3) is 3.25. The lowest BCUT2D eigenvalue weighted by atomic mass is 9.95. The summed E-state index contributed by atoms with van der Waals surface area (Å²) in [5.74, 6) is 0. The van der Waals surface area contributed by atoms with Gasteiger partial charge in [-0.25, -0.2) is 0 Å². The van der Waals surface area contributed by atoms with Crippen LogP contribution in [0, 0.1) is 0 Å². The molecule has 3 heteroatoms. The van der Waals surface area contributed by atoms with Crippen LogP contribution in [0.1, 0.15) is 26.7 Å². The summed E-state index contributed by atoms with van der Waals surface area (Å²) in [5, 5.41) is 0. The third-order valence-electron chi connectivity index (χ3n) is 2.30. The highest BCUT2D eigenvalue weighted by molar-refractivity contribution is 4.83. The molecule has 0 unspecified atom stereocenters. The Hall–Kier alpha value is -0.120. The van der Waals surface area contributed by atoms with Crippen molar-refractivity contribution in [3.63, 3.8) is 0 Å². The maximum absolute atomic E-state index is 5.91. The van der Waals surface area contributed by atoms with Gasteiger partial charge in [0, 0.05) is 33.2 Å². The maximum atomic E-state index is 5.91. The van der Waals surface area contributed by atoms with Gasteiger partial charge in [0.15, 0.2) is 0 Å². The smallest absolute Gasteiger partial charge is 0.0961 e. The Morgan fingerprint density at radius 2 is 1.92 bits per heavy atom. The Morgan fingerprint density at radius 3 is 2.38 bits per heavy atom. The first-order chi connectivity index (χ1) is 6.18. The molecule has 0 radical (unpaired) electrons. The van der Waals surface area contributed by atoms with E-state index in [0.717, 1.165) is 26.1 Å². The maximum Gasteiger partial charge on any atom is 0.0961 e. The Labute approximate surface area is 80.4 Å². The molecule has 1 aliphatic rings. The average molecular weight is 188 g/mol. The van der Waals surface area contributed by atoms with Crippen molar-refractivity contribution in [2.45, 2.75) is 38.4 Å². The lowest BCUT2D eigenvalue weighted by Crippen LogP contribution is -2.44. The van der Waals surface area contributed by atoms with Crippen LogP contribution in [-0.2, 0) is 14.2 Å². The SMILES string of the molecule is COCC1(OC(C)C)CCOCC1. The van der Waals surface area contributed by atoms with Crippen molar-refractivity contribution in [2.24, 2.45) is 0 Å². The molecular weight excluding hydrogens is 168 g/mol. The Bertz CT molecular complexity index is 134. The summed E-state index contributed by atoms with van der Waals surface area (Å²) < 4.78 is 16.4. The molecule has 0 N–H and O–H groups in total. The van der Waals surface area contributed by atoms with Crippen molar-refractivity contribution < 1.29 is 14.2 Å². The van der Waals surface area contributed by atoms with Crippen LogP contribution in [0.3, 0.4) is 0 Å². The number of hydrogen-bond acceptors (Lipinski definition) is 3. The summed E-state index contributed by atoms with van der Waals surface area (Å²) in [6.07, 6.45) is 2.14. The van der Waals surface area contributed by atoms with Crippen molar-refractivity contribution in [1.82, 2.24) is 0 Å². The molecule has 0 aromatic rings. The Morgan fingerprint density at radius 1 is 1.31 bits per heavy atom. The van der Waals surface area contributed by atoms with Gasteiger partial charge in [0.25, 0.3) is 0 Å². The van der Waals surface area contributed by atoms with Crippen molar-refractivity contribution in [1.29, 1.82) is 0 Å². The largest absolute Gasteiger partial charge is 0.382 e. The first kappa shape index (κ1) is 11.0. The second-order valence-electron chi connectivity index (χ2n) is 3.90. The molecule has 0 amide bonds. The zero-order chi connectivity index (χ0) is 9.73. The van der Waals surface area contributed by atoms with E-state index in [-0.39, 0.29) is 11.7 Å². The highest BCUT2D eigenvalue weighted by Gasteiger charge is 2.34. The summed E-state index contributed by atoms with van der Waals surface area (Å²) >= 11 is 0. The minimum absolute atomic E-state index is 0.0961. The van der Waals surface area contributed by atoms with E-state index in [4.69, 9.17) is 14.2 Å². The van der Waals surface area contributed by atoms with E-state index in [9.17, 15) is 0 Å². The normalized spacial score (nSPS) is 22.2. The Kier molecular flexibility index (Phi) is 4.16. The van der Waals surface area contributed by atoms with Crippen molar-refractivity contribution in [3.8, 4) is 0 Å². The number of methoxy groups -OCH3 is 1. The first-order valence-electron chi connectivity index (χ1n) is 4.93. The van der Waals surface area contributed by atoms with Gasteiger partial charge in [-0.3, -0.25) is 0 Å². The minimum atomic E-state index is -0.0961. The van der Waals surface area contributed by atoms with E-state index in [2.05, 4.69) is 13.8 Å². The van der Waals surface area contributed by atoms with Gasteiger partial charge >= 0.3 is 0 Å². The fourth-order valence-corrected chi connectivity index (χ4v) is 1.80. The van der Waals surface area contributed by atoms with Crippen LogP contribution in [0.5, 0.6) is 0 Å². The topological polar surface area (TPSA) is 27.7 Å². The zero-order valence-corrected chi connectivity index (χ0v) is 8.84. The summed E-state index contributed by atoms with van der Waals surface area (Å²) in [5.41, 5.74) is -0.0961. The highest BCUT2D eigenvalue weighted by atomic mass is 16.6. The van der Waals surface area contributed by atoms with Crippen molar-refractivity contribution in [3.05, 3.63) is 0 Å². The van der Waals surface area contributed by atoms with Crippen LogP contribution >= 0.6 is 0 Å². The highest BCUT2D eigenvalue weighted by Crippen LogP contribution is 2.26. The molecule has 1 fully saturated rings. The van der Waals surface area contributed by atoms with E-state index in [1.165, 1.54) is 0 Å².